The summed E-state index contributed by atoms with van der Waals surface area (Å²) in [6.45, 7) is 3.44. The molecule has 2 heterocycles. The zero-order chi connectivity index (χ0) is 20.2. The van der Waals surface area contributed by atoms with Gasteiger partial charge >= 0.3 is 5.69 Å². The molecule has 7 heteroatoms. The molecule has 0 saturated carbocycles. The van der Waals surface area contributed by atoms with Crippen LogP contribution in [0, 0.1) is 0 Å². The molecule has 150 valence electrons. The molecule has 0 unspecified atom stereocenters. The molecule has 1 saturated heterocycles. The summed E-state index contributed by atoms with van der Waals surface area (Å²) in [5.74, 6) is 0.111. The Morgan fingerprint density at radius 2 is 1.59 bits per heavy atom. The Bertz CT molecular complexity index is 1110. The van der Waals surface area contributed by atoms with E-state index in [-0.39, 0.29) is 11.5 Å². The van der Waals surface area contributed by atoms with Crippen LogP contribution in [-0.2, 0) is 11.3 Å². The van der Waals surface area contributed by atoms with Crippen LogP contribution < -0.4 is 16.1 Å². The molecule has 0 bridgehead atoms. The Morgan fingerprint density at radius 3 is 2.34 bits per heavy atom. The maximum absolute atomic E-state index is 12.6. The molecule has 1 amide bonds. The smallest absolute Gasteiger partial charge is 0.328 e. The third-order valence-electron chi connectivity index (χ3n) is 5.43. The maximum atomic E-state index is 12.6. The molecular formula is C22H24N4O3. The normalized spacial score (nSPS) is 14.3. The molecule has 0 spiro atoms. The predicted molar refractivity (Wildman–Crippen MR) is 113 cm³/mol. The lowest BCUT2D eigenvalue weighted by molar-refractivity contribution is -0.131. The number of nitrogens with zero attached hydrogens (tertiary/aromatic N) is 3. The fourth-order valence-electron chi connectivity index (χ4n) is 3.86. The molecule has 1 N–H and O–H groups in total. The number of carbonyl (C=O) groups excluding carboxylic acids is 1. The fourth-order valence-corrected chi connectivity index (χ4v) is 3.86. The summed E-state index contributed by atoms with van der Waals surface area (Å²) in [4.78, 5) is 43.3. The second-order valence-electron chi connectivity index (χ2n) is 7.24. The fraction of sp³-hybridized carbons (Fsp3) is 0.318. The van der Waals surface area contributed by atoms with Crippen molar-refractivity contribution in [2.45, 2.75) is 19.4 Å². The minimum atomic E-state index is -0.433. The number of benzene rings is 2. The molecule has 29 heavy (non-hydrogen) atoms. The number of H-pyrrole nitrogens is 1. The van der Waals surface area contributed by atoms with Crippen LogP contribution in [0.1, 0.15) is 12.8 Å². The highest BCUT2D eigenvalue weighted by atomic mass is 16.2. The standard InChI is InChI=1S/C22H24N4O3/c27-20(25-15-13-24(14-16-25)17-7-2-1-3-8-17)11-6-12-26-19-10-5-4-9-18(19)21(28)23-22(26)29/h1-5,7-10H,6,11-16H2,(H,23,28,29). The van der Waals surface area contributed by atoms with Gasteiger partial charge in [0, 0.05) is 44.8 Å². The Balaban J connectivity index is 1.34. The topological polar surface area (TPSA) is 78.4 Å². The molecule has 0 radical (unpaired) electrons. The third kappa shape index (κ3) is 4.08. The molecule has 1 aliphatic rings. The molecule has 1 fully saturated rings. The lowest BCUT2D eigenvalue weighted by Gasteiger charge is -2.36. The summed E-state index contributed by atoms with van der Waals surface area (Å²) in [6, 6.07) is 17.2. The lowest BCUT2D eigenvalue weighted by atomic mass is 10.2. The van der Waals surface area contributed by atoms with Crippen molar-refractivity contribution in [3.63, 3.8) is 0 Å². The number of aromatic amines is 1. The maximum Gasteiger partial charge on any atom is 0.328 e. The van der Waals surface area contributed by atoms with Crippen molar-refractivity contribution in [3.8, 4) is 0 Å². The predicted octanol–water partition coefficient (Wildman–Crippen LogP) is 1.82. The van der Waals surface area contributed by atoms with Gasteiger partial charge in [-0.05, 0) is 30.7 Å². The van der Waals surface area contributed by atoms with Crippen LogP contribution in [0.15, 0.2) is 64.2 Å². The second kappa shape index (κ2) is 8.34. The number of piperazine rings is 1. The number of nitrogens with one attached hydrogen (secondary N) is 1. The molecule has 0 aliphatic carbocycles. The first-order valence-electron chi connectivity index (χ1n) is 9.93. The van der Waals surface area contributed by atoms with Gasteiger partial charge in [-0.3, -0.25) is 19.1 Å². The summed E-state index contributed by atoms with van der Waals surface area (Å²) in [5, 5.41) is 0.482. The van der Waals surface area contributed by atoms with Crippen LogP contribution in [0.2, 0.25) is 0 Å². The van der Waals surface area contributed by atoms with E-state index < -0.39 is 5.69 Å². The van der Waals surface area contributed by atoms with Crippen molar-refractivity contribution < 1.29 is 4.79 Å². The van der Waals surface area contributed by atoms with Gasteiger partial charge < -0.3 is 9.80 Å². The minimum Gasteiger partial charge on any atom is -0.368 e. The van der Waals surface area contributed by atoms with Crippen LogP contribution in [0.5, 0.6) is 0 Å². The third-order valence-corrected chi connectivity index (χ3v) is 5.43. The second-order valence-corrected chi connectivity index (χ2v) is 7.24. The molecule has 0 atom stereocenters. The van der Waals surface area contributed by atoms with Gasteiger partial charge in [0.25, 0.3) is 5.56 Å². The number of fused-ring (bicyclic) bond motifs is 1. The van der Waals surface area contributed by atoms with Crippen LogP contribution in [0.4, 0.5) is 5.69 Å². The average molecular weight is 392 g/mol. The van der Waals surface area contributed by atoms with Crippen molar-refractivity contribution in [2.24, 2.45) is 0 Å². The number of anilines is 1. The van der Waals surface area contributed by atoms with E-state index in [1.54, 1.807) is 24.3 Å². The molecule has 1 aliphatic heterocycles. The van der Waals surface area contributed by atoms with Crippen molar-refractivity contribution in [2.75, 3.05) is 31.1 Å². The zero-order valence-electron chi connectivity index (χ0n) is 16.2. The Kier molecular flexibility index (Phi) is 5.46. The molecule has 4 rings (SSSR count). The number of hydrogen-bond acceptors (Lipinski definition) is 4. The van der Waals surface area contributed by atoms with E-state index in [0.717, 1.165) is 13.1 Å². The first-order valence-corrected chi connectivity index (χ1v) is 9.93. The van der Waals surface area contributed by atoms with Crippen LogP contribution in [0.25, 0.3) is 10.9 Å². The van der Waals surface area contributed by atoms with Crippen molar-refractivity contribution in [1.29, 1.82) is 0 Å². The minimum absolute atomic E-state index is 0.111. The van der Waals surface area contributed by atoms with Gasteiger partial charge in [0.15, 0.2) is 0 Å². The highest BCUT2D eigenvalue weighted by Crippen LogP contribution is 2.16. The molecule has 7 nitrogen and oxygen atoms in total. The number of hydrogen-bond donors (Lipinski definition) is 1. The van der Waals surface area contributed by atoms with E-state index in [9.17, 15) is 14.4 Å². The highest BCUT2D eigenvalue weighted by molar-refractivity contribution is 5.78. The van der Waals surface area contributed by atoms with Crippen LogP contribution >= 0.6 is 0 Å². The molecular weight excluding hydrogens is 368 g/mol. The highest BCUT2D eigenvalue weighted by Gasteiger charge is 2.21. The van der Waals surface area contributed by atoms with Gasteiger partial charge in [0.2, 0.25) is 5.91 Å². The van der Waals surface area contributed by atoms with Gasteiger partial charge in [0.1, 0.15) is 0 Å². The number of aryl methyl sites for hydroxylation is 1. The SMILES string of the molecule is O=C(CCCn1c(=O)[nH]c(=O)c2ccccc21)N1CCN(c2ccccc2)CC1. The largest absolute Gasteiger partial charge is 0.368 e. The number of para-hydroxylation sites is 2. The number of aromatic nitrogens is 2. The van der Waals surface area contributed by atoms with E-state index in [4.69, 9.17) is 0 Å². The van der Waals surface area contributed by atoms with Crippen LogP contribution in [0.3, 0.4) is 0 Å². The Labute approximate surface area is 168 Å². The van der Waals surface area contributed by atoms with Crippen molar-refractivity contribution in [3.05, 3.63) is 75.4 Å². The first-order chi connectivity index (χ1) is 14.1. The molecule has 2 aromatic carbocycles. The molecule has 1 aromatic heterocycles. The average Bonchev–Trinajstić information content (AvgIpc) is 2.76. The van der Waals surface area contributed by atoms with Crippen LogP contribution in [-0.4, -0.2) is 46.5 Å². The van der Waals surface area contributed by atoms with Crippen molar-refractivity contribution in [1.82, 2.24) is 14.5 Å². The Hall–Kier alpha value is -3.35. The number of amides is 1. The van der Waals surface area contributed by atoms with Gasteiger partial charge in [-0.15, -0.1) is 0 Å². The quantitative estimate of drug-likeness (QED) is 0.718. The van der Waals surface area contributed by atoms with Gasteiger partial charge in [-0.25, -0.2) is 4.79 Å². The number of carbonyl (C=O) groups is 1. The summed E-state index contributed by atoms with van der Waals surface area (Å²) >= 11 is 0. The summed E-state index contributed by atoms with van der Waals surface area (Å²) in [7, 11) is 0. The van der Waals surface area contributed by atoms with Gasteiger partial charge in [-0.1, -0.05) is 30.3 Å². The molecule has 3 aromatic rings. The van der Waals surface area contributed by atoms with Gasteiger partial charge in [-0.2, -0.15) is 0 Å². The van der Waals surface area contributed by atoms with E-state index in [2.05, 4.69) is 22.0 Å². The monoisotopic (exact) mass is 392 g/mol. The first kappa shape index (κ1) is 19.0. The van der Waals surface area contributed by atoms with Crippen molar-refractivity contribution >= 4 is 22.5 Å². The van der Waals surface area contributed by atoms with E-state index in [1.165, 1.54) is 10.3 Å². The van der Waals surface area contributed by atoms with E-state index in [0.29, 0.717) is 43.4 Å². The van der Waals surface area contributed by atoms with Gasteiger partial charge in [0.05, 0.1) is 10.9 Å². The summed E-state index contributed by atoms with van der Waals surface area (Å²) in [6.07, 6.45) is 0.929. The lowest BCUT2D eigenvalue weighted by Crippen LogP contribution is -2.48. The number of rotatable bonds is 5. The van der Waals surface area contributed by atoms with E-state index in [1.807, 2.05) is 23.1 Å². The zero-order valence-corrected chi connectivity index (χ0v) is 16.2. The summed E-state index contributed by atoms with van der Waals surface area (Å²) in [5.41, 5.74) is 0.973. The van der Waals surface area contributed by atoms with E-state index >= 15 is 0 Å². The summed E-state index contributed by atoms with van der Waals surface area (Å²) < 4.78 is 1.54. The Morgan fingerprint density at radius 1 is 0.897 bits per heavy atom.